The maximum absolute atomic E-state index is 12.2. The molecule has 0 fully saturated rings. The van der Waals surface area contributed by atoms with E-state index in [2.05, 4.69) is 6.92 Å². The number of hydrogen-bond acceptors (Lipinski definition) is 3. The van der Waals surface area contributed by atoms with E-state index in [1.54, 1.807) is 30.0 Å². The van der Waals surface area contributed by atoms with Gasteiger partial charge in [-0.05, 0) is 25.5 Å². The molecule has 1 unspecified atom stereocenters. The molecular formula is C16H23NO3. The summed E-state index contributed by atoms with van der Waals surface area (Å²) in [6.45, 7) is 4.66. The van der Waals surface area contributed by atoms with Gasteiger partial charge in [0.05, 0.1) is 5.69 Å². The first-order valence-electron chi connectivity index (χ1n) is 7.44. The molecule has 0 spiro atoms. The van der Waals surface area contributed by atoms with Gasteiger partial charge in [-0.1, -0.05) is 32.6 Å². The third-order valence-electron chi connectivity index (χ3n) is 3.64. The molecular weight excluding hydrogens is 254 g/mol. The second-order valence-electron chi connectivity index (χ2n) is 5.32. The zero-order valence-corrected chi connectivity index (χ0v) is 12.3. The zero-order chi connectivity index (χ0) is 14.5. The summed E-state index contributed by atoms with van der Waals surface area (Å²) in [6, 6.07) is 4.92. The van der Waals surface area contributed by atoms with Crippen molar-refractivity contribution >= 4 is 11.6 Å². The number of rotatable bonds is 6. The van der Waals surface area contributed by atoms with Gasteiger partial charge < -0.3 is 14.7 Å². The fourth-order valence-corrected chi connectivity index (χ4v) is 2.50. The summed E-state index contributed by atoms with van der Waals surface area (Å²) < 4.78 is 5.55. The van der Waals surface area contributed by atoms with E-state index in [-0.39, 0.29) is 11.7 Å². The molecule has 0 radical (unpaired) electrons. The summed E-state index contributed by atoms with van der Waals surface area (Å²) in [4.78, 5) is 14.0. The minimum absolute atomic E-state index is 0.00122. The molecule has 0 bridgehead atoms. The van der Waals surface area contributed by atoms with E-state index in [0.717, 1.165) is 18.5 Å². The number of hydrogen-bond donors (Lipinski definition) is 1. The van der Waals surface area contributed by atoms with Crippen LogP contribution < -0.4 is 9.64 Å². The predicted molar refractivity (Wildman–Crippen MR) is 79.3 cm³/mol. The minimum Gasteiger partial charge on any atom is -0.508 e. The van der Waals surface area contributed by atoms with Crippen LogP contribution in [0, 0.1) is 0 Å². The molecule has 1 aromatic carbocycles. The van der Waals surface area contributed by atoms with E-state index >= 15 is 0 Å². The van der Waals surface area contributed by atoms with Crippen molar-refractivity contribution in [1.29, 1.82) is 0 Å². The number of carbonyl (C=O) groups excluding carboxylic acids is 1. The highest BCUT2D eigenvalue weighted by molar-refractivity contribution is 5.99. The van der Waals surface area contributed by atoms with Crippen LogP contribution in [0.3, 0.4) is 0 Å². The fraction of sp³-hybridized carbons (Fsp3) is 0.562. The number of aromatic hydroxyl groups is 1. The first-order valence-corrected chi connectivity index (χ1v) is 7.44. The number of amides is 1. The van der Waals surface area contributed by atoms with Crippen molar-refractivity contribution in [2.45, 2.75) is 52.1 Å². The molecule has 1 N–H and O–H groups in total. The molecule has 1 aromatic rings. The Kier molecular flexibility index (Phi) is 4.88. The summed E-state index contributed by atoms with van der Waals surface area (Å²) in [5.74, 6) is 0.748. The van der Waals surface area contributed by atoms with Crippen LogP contribution in [0.1, 0.15) is 46.0 Å². The van der Waals surface area contributed by atoms with Crippen molar-refractivity contribution < 1.29 is 14.6 Å². The quantitative estimate of drug-likeness (QED) is 0.810. The van der Waals surface area contributed by atoms with Crippen LogP contribution in [0.5, 0.6) is 11.5 Å². The molecule has 4 heteroatoms. The summed E-state index contributed by atoms with van der Waals surface area (Å²) in [7, 11) is 0. The molecule has 4 nitrogen and oxygen atoms in total. The first kappa shape index (κ1) is 14.7. The largest absolute Gasteiger partial charge is 0.508 e. The fourth-order valence-electron chi connectivity index (χ4n) is 2.50. The second kappa shape index (κ2) is 6.64. The molecule has 1 heterocycles. The number of phenols is 1. The van der Waals surface area contributed by atoms with Gasteiger partial charge in [-0.3, -0.25) is 4.79 Å². The van der Waals surface area contributed by atoms with Crippen LogP contribution in [0.4, 0.5) is 5.69 Å². The average molecular weight is 277 g/mol. The van der Waals surface area contributed by atoms with Gasteiger partial charge in [0.15, 0.2) is 6.10 Å². The molecule has 0 saturated heterocycles. The third kappa shape index (κ3) is 3.24. The van der Waals surface area contributed by atoms with Crippen molar-refractivity contribution in [2.24, 2.45) is 0 Å². The number of nitrogens with zero attached hydrogens (tertiary/aromatic N) is 1. The van der Waals surface area contributed by atoms with Gasteiger partial charge in [-0.15, -0.1) is 0 Å². The molecule has 1 aliphatic rings. The van der Waals surface area contributed by atoms with Crippen molar-refractivity contribution in [2.75, 3.05) is 11.4 Å². The molecule has 0 saturated carbocycles. The lowest BCUT2D eigenvalue weighted by Gasteiger charge is -2.33. The Hall–Kier alpha value is -1.71. The van der Waals surface area contributed by atoms with E-state index in [0.29, 0.717) is 12.3 Å². The van der Waals surface area contributed by atoms with Crippen molar-refractivity contribution in [3.8, 4) is 11.5 Å². The maximum atomic E-state index is 12.2. The first-order chi connectivity index (χ1) is 9.63. The molecule has 1 aliphatic heterocycles. The van der Waals surface area contributed by atoms with E-state index in [4.69, 9.17) is 4.74 Å². The lowest BCUT2D eigenvalue weighted by Crippen LogP contribution is -2.44. The zero-order valence-electron chi connectivity index (χ0n) is 12.3. The monoisotopic (exact) mass is 277 g/mol. The highest BCUT2D eigenvalue weighted by Gasteiger charge is 2.31. The topological polar surface area (TPSA) is 49.8 Å². The van der Waals surface area contributed by atoms with Crippen molar-refractivity contribution in [1.82, 2.24) is 0 Å². The molecule has 0 aliphatic carbocycles. The van der Waals surface area contributed by atoms with Gasteiger partial charge in [0.2, 0.25) is 0 Å². The van der Waals surface area contributed by atoms with Crippen LogP contribution >= 0.6 is 0 Å². The van der Waals surface area contributed by atoms with E-state index in [1.807, 2.05) is 0 Å². The molecule has 2 rings (SSSR count). The number of carbonyl (C=O) groups is 1. The number of benzene rings is 1. The smallest absolute Gasteiger partial charge is 0.267 e. The summed E-state index contributed by atoms with van der Waals surface area (Å²) >= 11 is 0. The van der Waals surface area contributed by atoms with Crippen LogP contribution in [0.25, 0.3) is 0 Å². The van der Waals surface area contributed by atoms with Crippen LogP contribution in [0.15, 0.2) is 18.2 Å². The Morgan fingerprint density at radius 3 is 2.75 bits per heavy atom. The second-order valence-corrected chi connectivity index (χ2v) is 5.32. The third-order valence-corrected chi connectivity index (χ3v) is 3.64. The highest BCUT2D eigenvalue weighted by Crippen LogP contribution is 2.36. The van der Waals surface area contributed by atoms with Crippen molar-refractivity contribution in [3.63, 3.8) is 0 Å². The van der Waals surface area contributed by atoms with Crippen LogP contribution in [0.2, 0.25) is 0 Å². The van der Waals surface area contributed by atoms with Gasteiger partial charge in [0.25, 0.3) is 5.91 Å². The molecule has 1 amide bonds. The number of anilines is 1. The van der Waals surface area contributed by atoms with Gasteiger partial charge >= 0.3 is 0 Å². The van der Waals surface area contributed by atoms with E-state index < -0.39 is 6.10 Å². The number of phenolic OH excluding ortho intramolecular Hbond substituents is 1. The molecule has 20 heavy (non-hydrogen) atoms. The van der Waals surface area contributed by atoms with Gasteiger partial charge in [-0.2, -0.15) is 0 Å². The number of fused-ring (bicyclic) bond motifs is 1. The van der Waals surface area contributed by atoms with Crippen molar-refractivity contribution in [3.05, 3.63) is 18.2 Å². The Balaban J connectivity index is 2.05. The Bertz CT molecular complexity index is 473. The van der Waals surface area contributed by atoms with Gasteiger partial charge in [0, 0.05) is 12.6 Å². The molecule has 0 aromatic heterocycles. The van der Waals surface area contributed by atoms with Crippen LogP contribution in [-0.4, -0.2) is 23.7 Å². The minimum atomic E-state index is -0.486. The molecule has 110 valence electrons. The summed E-state index contributed by atoms with van der Waals surface area (Å²) in [5, 5.41) is 9.52. The Morgan fingerprint density at radius 1 is 1.25 bits per heavy atom. The summed E-state index contributed by atoms with van der Waals surface area (Å²) in [6.07, 6.45) is 5.33. The normalized spacial score (nSPS) is 17.8. The lowest BCUT2D eigenvalue weighted by atomic mass is 10.1. The van der Waals surface area contributed by atoms with Gasteiger partial charge in [0.1, 0.15) is 11.5 Å². The number of ether oxygens (including phenoxy) is 1. The lowest BCUT2D eigenvalue weighted by molar-refractivity contribution is -0.125. The average Bonchev–Trinajstić information content (AvgIpc) is 2.42. The van der Waals surface area contributed by atoms with E-state index in [1.165, 1.54) is 19.3 Å². The Morgan fingerprint density at radius 2 is 2.00 bits per heavy atom. The predicted octanol–water partition coefficient (Wildman–Crippen LogP) is 3.48. The highest BCUT2D eigenvalue weighted by atomic mass is 16.5. The van der Waals surface area contributed by atoms with Gasteiger partial charge in [-0.25, -0.2) is 0 Å². The van der Waals surface area contributed by atoms with Crippen LogP contribution in [-0.2, 0) is 4.79 Å². The van der Waals surface area contributed by atoms with E-state index in [9.17, 15) is 9.90 Å². The SMILES string of the molecule is CCCCCCCN1C(=O)C(C)Oc2cc(O)ccc21. The maximum Gasteiger partial charge on any atom is 0.267 e. The molecule has 1 atom stereocenters. The standard InChI is InChI=1S/C16H23NO3/c1-3-4-5-6-7-10-17-14-9-8-13(18)11-15(14)20-12(2)16(17)19/h8-9,11-12,18H,3-7,10H2,1-2H3. The number of unbranched alkanes of at least 4 members (excludes halogenated alkanes) is 4. The Labute approximate surface area is 120 Å². The summed E-state index contributed by atoms with van der Waals surface area (Å²) in [5.41, 5.74) is 0.765.